The quantitative estimate of drug-likeness (QED) is 0.445. The van der Waals surface area contributed by atoms with Crippen molar-refractivity contribution in [2.24, 2.45) is 0 Å². The number of urea groups is 1. The highest BCUT2D eigenvalue weighted by Crippen LogP contribution is 2.30. The molecule has 0 fully saturated rings. The van der Waals surface area contributed by atoms with Gasteiger partial charge >= 0.3 is 23.8 Å². The van der Waals surface area contributed by atoms with Crippen molar-refractivity contribution in [3.8, 4) is 0 Å². The minimum Gasteiger partial charge on any atom is -0.463 e. The van der Waals surface area contributed by atoms with Gasteiger partial charge in [0.05, 0.1) is 6.61 Å². The smallest absolute Gasteiger partial charge is 0.442 e. The maximum Gasteiger partial charge on any atom is 0.442 e. The summed E-state index contributed by atoms with van der Waals surface area (Å²) in [6.07, 6.45) is -4.71. The molecule has 1 aromatic rings. The fraction of sp³-hybridized carbons (Fsp3) is 0.526. The average molecular weight is 417 g/mol. The molecule has 0 saturated carbocycles. The first-order valence-corrected chi connectivity index (χ1v) is 9.18. The van der Waals surface area contributed by atoms with Crippen LogP contribution in [-0.4, -0.2) is 36.4 Å². The van der Waals surface area contributed by atoms with E-state index >= 15 is 0 Å². The lowest BCUT2D eigenvalue weighted by Crippen LogP contribution is -2.74. The molecule has 0 bridgehead atoms. The number of alkyl halides is 3. The minimum absolute atomic E-state index is 0.225. The molecule has 0 aliphatic rings. The summed E-state index contributed by atoms with van der Waals surface area (Å²) in [6, 6.07) is 3.42. The lowest BCUT2D eigenvalue weighted by molar-refractivity contribution is -0.218. The molecule has 0 radical (unpaired) electrons. The third-order valence-corrected chi connectivity index (χ3v) is 4.16. The third kappa shape index (κ3) is 6.37. The second kappa shape index (κ2) is 10.1. The van der Waals surface area contributed by atoms with Crippen molar-refractivity contribution in [1.29, 1.82) is 0 Å². The fourth-order valence-corrected chi connectivity index (χ4v) is 2.39. The number of benzene rings is 1. The molecule has 0 aliphatic heterocycles. The molecule has 0 heterocycles. The lowest BCUT2D eigenvalue weighted by Gasteiger charge is -2.34. The number of anilines is 1. The van der Waals surface area contributed by atoms with Crippen molar-refractivity contribution in [2.75, 3.05) is 11.9 Å². The number of hydrogen-bond donors (Lipinski definition) is 3. The van der Waals surface area contributed by atoms with Crippen LogP contribution < -0.4 is 16.0 Å². The van der Waals surface area contributed by atoms with Gasteiger partial charge in [-0.1, -0.05) is 19.4 Å². The first-order valence-electron chi connectivity index (χ1n) is 9.18. The van der Waals surface area contributed by atoms with Gasteiger partial charge < -0.3 is 15.4 Å². The normalized spacial score (nSPS) is 13.2. The molecule has 1 atom stereocenters. The summed E-state index contributed by atoms with van der Waals surface area (Å²) in [5.41, 5.74) is -1.75. The van der Waals surface area contributed by atoms with Crippen LogP contribution in [0.2, 0.25) is 0 Å². The molecule has 3 N–H and O–H groups in total. The van der Waals surface area contributed by atoms with Gasteiger partial charge in [-0.2, -0.15) is 13.2 Å². The number of carbonyl (C=O) groups is 3. The van der Waals surface area contributed by atoms with E-state index < -0.39 is 29.7 Å². The van der Waals surface area contributed by atoms with E-state index in [2.05, 4.69) is 10.1 Å². The number of ether oxygens (including phenoxy) is 1. The molecule has 10 heteroatoms. The Morgan fingerprint density at radius 1 is 1.03 bits per heavy atom. The number of nitrogens with one attached hydrogen (secondary N) is 3. The number of esters is 1. The predicted octanol–water partition coefficient (Wildman–Crippen LogP) is 3.55. The molecule has 0 aromatic heterocycles. The molecule has 3 amide bonds. The molecule has 162 valence electrons. The lowest BCUT2D eigenvalue weighted by atomic mass is 10.1. The second-order valence-electron chi connectivity index (χ2n) is 6.50. The summed E-state index contributed by atoms with van der Waals surface area (Å²) in [7, 11) is 0. The van der Waals surface area contributed by atoms with Crippen molar-refractivity contribution >= 4 is 23.6 Å². The minimum atomic E-state index is -5.35. The van der Waals surface area contributed by atoms with Gasteiger partial charge in [-0.25, -0.2) is 9.59 Å². The highest BCUT2D eigenvalue weighted by molar-refractivity contribution is 5.97. The van der Waals surface area contributed by atoms with E-state index in [1.165, 1.54) is 13.0 Å². The van der Waals surface area contributed by atoms with Crippen LogP contribution in [0.1, 0.15) is 44.2 Å². The summed E-state index contributed by atoms with van der Waals surface area (Å²) in [4.78, 5) is 36.5. The zero-order valence-corrected chi connectivity index (χ0v) is 16.8. The van der Waals surface area contributed by atoms with Gasteiger partial charge in [0.25, 0.3) is 0 Å². The van der Waals surface area contributed by atoms with Crippen LogP contribution in [0, 0.1) is 13.8 Å². The van der Waals surface area contributed by atoms with E-state index in [-0.39, 0.29) is 18.7 Å². The number of unbranched alkanes of at least 4 members (excludes halogenated alkanes) is 1. The van der Waals surface area contributed by atoms with Gasteiger partial charge in [-0.15, -0.1) is 0 Å². The molecule has 1 aromatic carbocycles. The van der Waals surface area contributed by atoms with E-state index in [1.54, 1.807) is 36.6 Å². The van der Waals surface area contributed by atoms with Crippen LogP contribution in [0.5, 0.6) is 0 Å². The predicted molar refractivity (Wildman–Crippen MR) is 101 cm³/mol. The Labute approximate surface area is 167 Å². The van der Waals surface area contributed by atoms with E-state index in [9.17, 15) is 27.6 Å². The average Bonchev–Trinajstić information content (AvgIpc) is 2.61. The van der Waals surface area contributed by atoms with E-state index in [4.69, 9.17) is 0 Å². The number of rotatable bonds is 8. The first-order chi connectivity index (χ1) is 13.5. The number of carbonyl (C=O) groups excluding carboxylic acids is 3. The molecule has 0 aliphatic carbocycles. The number of amides is 3. The van der Waals surface area contributed by atoms with E-state index in [0.29, 0.717) is 12.8 Å². The standard InChI is InChI=1S/C19H26F3N3O4/c1-5-7-8-15(26)24-18(19(20,21)22,16(27)29-6-2)25-17(28)23-14-10-9-12(3)13(4)11-14/h9-11H,5-8H2,1-4H3,(H,24,26)(H2,23,25,28)/t18-/m1/s1. The van der Waals surface area contributed by atoms with Crippen molar-refractivity contribution in [3.63, 3.8) is 0 Å². The Bertz CT molecular complexity index is 753. The van der Waals surface area contributed by atoms with Crippen LogP contribution in [0.25, 0.3) is 0 Å². The SMILES string of the molecule is CCCCC(=O)N[C@@](NC(=O)Nc1ccc(C)c(C)c1)(C(=O)OCC)C(F)(F)F. The Morgan fingerprint density at radius 2 is 1.69 bits per heavy atom. The van der Waals surface area contributed by atoms with Crippen LogP contribution in [0.4, 0.5) is 23.7 Å². The summed E-state index contributed by atoms with van der Waals surface area (Å²) in [5.74, 6) is -2.86. The Kier molecular flexibility index (Phi) is 8.47. The molecule has 0 unspecified atom stereocenters. The molecule has 1 rings (SSSR count). The molecular weight excluding hydrogens is 391 g/mol. The van der Waals surface area contributed by atoms with Crippen LogP contribution in [-0.2, 0) is 14.3 Å². The first kappa shape index (κ1) is 24.3. The molecule has 0 saturated heterocycles. The van der Waals surface area contributed by atoms with Crippen LogP contribution >= 0.6 is 0 Å². The summed E-state index contributed by atoms with van der Waals surface area (Å²) < 4.78 is 46.2. The van der Waals surface area contributed by atoms with Gasteiger partial charge in [0.2, 0.25) is 5.91 Å². The van der Waals surface area contributed by atoms with Crippen molar-refractivity contribution in [1.82, 2.24) is 10.6 Å². The van der Waals surface area contributed by atoms with Gasteiger partial charge in [-0.05, 0) is 50.5 Å². The third-order valence-electron chi connectivity index (χ3n) is 4.16. The highest BCUT2D eigenvalue weighted by atomic mass is 19.4. The fourth-order valence-electron chi connectivity index (χ4n) is 2.39. The highest BCUT2D eigenvalue weighted by Gasteiger charge is 2.64. The van der Waals surface area contributed by atoms with Crippen molar-refractivity contribution in [3.05, 3.63) is 29.3 Å². The number of halogens is 3. The molecule has 0 spiro atoms. The largest absolute Gasteiger partial charge is 0.463 e. The maximum absolute atomic E-state index is 13.9. The summed E-state index contributed by atoms with van der Waals surface area (Å²) in [6.45, 7) is 6.30. The Balaban J connectivity index is 3.19. The van der Waals surface area contributed by atoms with Gasteiger partial charge in [0, 0.05) is 12.1 Å². The molecule has 7 nitrogen and oxygen atoms in total. The zero-order chi connectivity index (χ0) is 22.2. The zero-order valence-electron chi connectivity index (χ0n) is 16.8. The van der Waals surface area contributed by atoms with Gasteiger partial charge in [0.15, 0.2) is 0 Å². The topological polar surface area (TPSA) is 96.5 Å². The summed E-state index contributed by atoms with van der Waals surface area (Å²) >= 11 is 0. The maximum atomic E-state index is 13.9. The number of aryl methyl sites for hydroxylation is 2. The van der Waals surface area contributed by atoms with Crippen LogP contribution in [0.3, 0.4) is 0 Å². The van der Waals surface area contributed by atoms with Gasteiger partial charge in [-0.3, -0.25) is 10.1 Å². The Morgan fingerprint density at radius 3 is 2.21 bits per heavy atom. The van der Waals surface area contributed by atoms with Crippen molar-refractivity contribution in [2.45, 2.75) is 58.8 Å². The summed E-state index contributed by atoms with van der Waals surface area (Å²) in [5, 5.41) is 5.42. The number of hydrogen-bond acceptors (Lipinski definition) is 4. The molecule has 29 heavy (non-hydrogen) atoms. The van der Waals surface area contributed by atoms with Crippen molar-refractivity contribution < 1.29 is 32.3 Å². The van der Waals surface area contributed by atoms with E-state index in [1.807, 2.05) is 6.92 Å². The Hall–Kier alpha value is -2.78. The van der Waals surface area contributed by atoms with Crippen LogP contribution in [0.15, 0.2) is 18.2 Å². The monoisotopic (exact) mass is 417 g/mol. The molecular formula is C19H26F3N3O4. The van der Waals surface area contributed by atoms with Gasteiger partial charge in [0.1, 0.15) is 0 Å². The van der Waals surface area contributed by atoms with E-state index in [0.717, 1.165) is 11.1 Å². The second-order valence-corrected chi connectivity index (χ2v) is 6.50.